The second-order valence-corrected chi connectivity index (χ2v) is 13.7. The molecule has 12 rings (SSSR count). The number of furan rings is 1. The highest BCUT2D eigenvalue weighted by Crippen LogP contribution is 2.46. The van der Waals surface area contributed by atoms with E-state index in [-0.39, 0.29) is 0 Å². The van der Waals surface area contributed by atoms with Crippen molar-refractivity contribution in [1.29, 1.82) is 0 Å². The molecule has 0 saturated heterocycles. The Bertz CT molecular complexity index is 3470. The first kappa shape index (κ1) is 27.7. The second kappa shape index (κ2) is 10.3. The molecule has 52 heavy (non-hydrogen) atoms. The van der Waals surface area contributed by atoms with Gasteiger partial charge in [0.2, 0.25) is 5.95 Å². The van der Waals surface area contributed by atoms with E-state index in [1.165, 1.54) is 32.3 Å². The molecule has 0 atom stereocenters. The first-order chi connectivity index (χ1) is 25.8. The molecule has 0 N–H and O–H groups in total. The third-order valence-electron chi connectivity index (χ3n) is 11.0. The fourth-order valence-electron chi connectivity index (χ4n) is 8.78. The monoisotopic (exact) mass is 661 g/mol. The van der Waals surface area contributed by atoms with Crippen LogP contribution in [0.3, 0.4) is 0 Å². The quantitative estimate of drug-likeness (QED) is 0.173. The van der Waals surface area contributed by atoms with Crippen LogP contribution in [0.25, 0.3) is 115 Å². The van der Waals surface area contributed by atoms with Crippen LogP contribution < -0.4 is 0 Å². The van der Waals surface area contributed by atoms with Crippen LogP contribution in [-0.4, -0.2) is 14.5 Å². The Kier molecular flexibility index (Phi) is 5.47. The van der Waals surface area contributed by atoms with Crippen LogP contribution in [0.5, 0.6) is 0 Å². The average molecular weight is 662 g/mol. The molecule has 0 fully saturated rings. The molecule has 0 bridgehead atoms. The lowest BCUT2D eigenvalue weighted by Crippen LogP contribution is -2.04. The van der Waals surface area contributed by atoms with Crippen molar-refractivity contribution in [3.8, 4) is 17.2 Å². The number of benzene rings is 9. The lowest BCUT2D eigenvalue weighted by atomic mass is 9.94. The molecule has 3 heterocycles. The molecule has 0 unspecified atom stereocenters. The zero-order valence-electron chi connectivity index (χ0n) is 27.8. The van der Waals surface area contributed by atoms with Crippen molar-refractivity contribution >= 4 is 97.7 Å². The Morgan fingerprint density at radius 3 is 1.87 bits per heavy atom. The summed E-state index contributed by atoms with van der Waals surface area (Å²) in [7, 11) is 0. The first-order valence-electron chi connectivity index (χ1n) is 17.7. The van der Waals surface area contributed by atoms with Gasteiger partial charge in [0.15, 0.2) is 0 Å². The van der Waals surface area contributed by atoms with Crippen LogP contribution in [-0.2, 0) is 0 Å². The van der Waals surface area contributed by atoms with Gasteiger partial charge < -0.3 is 4.42 Å². The zero-order chi connectivity index (χ0) is 33.9. The summed E-state index contributed by atoms with van der Waals surface area (Å²) < 4.78 is 8.76. The fraction of sp³-hybridized carbons (Fsp3) is 0. The maximum Gasteiger partial charge on any atom is 0.235 e. The van der Waals surface area contributed by atoms with Crippen molar-refractivity contribution in [2.24, 2.45) is 0 Å². The minimum Gasteiger partial charge on any atom is -0.456 e. The van der Waals surface area contributed by atoms with Crippen molar-refractivity contribution < 1.29 is 4.42 Å². The summed E-state index contributed by atoms with van der Waals surface area (Å²) in [5.41, 5.74) is 6.87. The molecule has 12 aromatic rings. The van der Waals surface area contributed by atoms with E-state index in [2.05, 4.69) is 162 Å². The summed E-state index contributed by atoms with van der Waals surface area (Å²) >= 11 is 0. The van der Waals surface area contributed by atoms with Crippen molar-refractivity contribution in [3.63, 3.8) is 0 Å². The summed E-state index contributed by atoms with van der Waals surface area (Å²) in [4.78, 5) is 11.1. The molecule has 0 radical (unpaired) electrons. The van der Waals surface area contributed by atoms with Crippen molar-refractivity contribution in [3.05, 3.63) is 164 Å². The largest absolute Gasteiger partial charge is 0.456 e. The first-order valence-corrected chi connectivity index (χ1v) is 17.7. The van der Waals surface area contributed by atoms with Crippen LogP contribution >= 0.6 is 0 Å². The van der Waals surface area contributed by atoms with E-state index < -0.39 is 0 Å². The second-order valence-electron chi connectivity index (χ2n) is 13.7. The summed E-state index contributed by atoms with van der Waals surface area (Å²) in [6.07, 6.45) is 0. The molecule has 0 aliphatic rings. The van der Waals surface area contributed by atoms with Crippen LogP contribution in [0.1, 0.15) is 0 Å². The van der Waals surface area contributed by atoms with Gasteiger partial charge in [-0.15, -0.1) is 0 Å². The minimum atomic E-state index is 0.645. The van der Waals surface area contributed by atoms with E-state index >= 15 is 0 Å². The van der Waals surface area contributed by atoms with Gasteiger partial charge in [-0.2, -0.15) is 0 Å². The Hall–Kier alpha value is -7.04. The van der Waals surface area contributed by atoms with E-state index in [1.54, 1.807) is 0 Å². The molecular formula is C48H27N3O. The number of hydrogen-bond acceptors (Lipinski definition) is 3. The maximum atomic E-state index is 6.45. The van der Waals surface area contributed by atoms with Crippen LogP contribution in [0.4, 0.5) is 0 Å². The van der Waals surface area contributed by atoms with Gasteiger partial charge in [0.25, 0.3) is 0 Å². The topological polar surface area (TPSA) is 43.9 Å². The molecule has 0 spiro atoms. The Morgan fingerprint density at radius 2 is 1.02 bits per heavy atom. The summed E-state index contributed by atoms with van der Waals surface area (Å²) in [6, 6.07) is 58.2. The van der Waals surface area contributed by atoms with E-state index in [0.717, 1.165) is 76.7 Å². The standard InChI is InChI=1S/C48H27N3O/c1-3-15-30-28(12-1)14-11-21-34(30)46-38-25-24-29-13-2-4-16-31(29)45(38)49-48(50-46)51-39-22-9-7-19-35(39)43-33-18-6-5-17-32(33)42-37(47(43)51)26-27-41-44(42)36-20-8-10-23-40(36)52-41/h1-27H. The lowest BCUT2D eigenvalue weighted by Gasteiger charge is -2.15. The average Bonchev–Trinajstić information content (AvgIpc) is 3.77. The predicted octanol–water partition coefficient (Wildman–Crippen LogP) is 12.9. The molecule has 9 aromatic carbocycles. The number of hydrogen-bond donors (Lipinski definition) is 0. The smallest absolute Gasteiger partial charge is 0.235 e. The van der Waals surface area contributed by atoms with E-state index in [4.69, 9.17) is 14.4 Å². The van der Waals surface area contributed by atoms with Gasteiger partial charge in [-0.25, -0.2) is 9.97 Å². The van der Waals surface area contributed by atoms with Gasteiger partial charge in [-0.1, -0.05) is 133 Å². The molecular weight excluding hydrogens is 635 g/mol. The number of nitrogens with zero attached hydrogens (tertiary/aromatic N) is 3. The molecule has 0 aliphatic heterocycles. The number of rotatable bonds is 2. The fourth-order valence-corrected chi connectivity index (χ4v) is 8.78. The van der Waals surface area contributed by atoms with E-state index in [1.807, 2.05) is 6.07 Å². The van der Waals surface area contributed by atoms with E-state index in [9.17, 15) is 0 Å². The van der Waals surface area contributed by atoms with E-state index in [0.29, 0.717) is 5.95 Å². The lowest BCUT2D eigenvalue weighted by molar-refractivity contribution is 0.669. The minimum absolute atomic E-state index is 0.645. The zero-order valence-corrected chi connectivity index (χ0v) is 27.8. The molecule has 0 aliphatic carbocycles. The van der Waals surface area contributed by atoms with Crippen LogP contribution in [0.15, 0.2) is 168 Å². The maximum absolute atomic E-state index is 6.45. The molecule has 240 valence electrons. The van der Waals surface area contributed by atoms with Crippen molar-refractivity contribution in [1.82, 2.24) is 14.5 Å². The normalized spacial score (nSPS) is 12.2. The van der Waals surface area contributed by atoms with Gasteiger partial charge in [-0.05, 0) is 57.3 Å². The Labute approximate surface area is 296 Å². The SMILES string of the molecule is c1ccc2c(-c3nc(-n4c5ccccc5c5c6ccccc6c6c(ccc7oc8ccccc8c76)c54)nc4c3ccc3ccccc34)cccc2c1. The third-order valence-corrected chi connectivity index (χ3v) is 11.0. The summed E-state index contributed by atoms with van der Waals surface area (Å²) in [5.74, 6) is 0.645. The molecule has 4 heteroatoms. The van der Waals surface area contributed by atoms with Gasteiger partial charge in [0.1, 0.15) is 11.2 Å². The predicted molar refractivity (Wildman–Crippen MR) is 217 cm³/mol. The van der Waals surface area contributed by atoms with Gasteiger partial charge >= 0.3 is 0 Å². The molecule has 0 saturated carbocycles. The Morgan fingerprint density at radius 1 is 0.385 bits per heavy atom. The summed E-state index contributed by atoms with van der Waals surface area (Å²) in [5, 5.41) is 14.9. The third kappa shape index (κ3) is 3.65. The number of aromatic nitrogens is 3. The Balaban J connectivity index is 1.33. The highest BCUT2D eigenvalue weighted by Gasteiger charge is 2.24. The summed E-state index contributed by atoms with van der Waals surface area (Å²) in [6.45, 7) is 0. The highest BCUT2D eigenvalue weighted by molar-refractivity contribution is 6.38. The van der Waals surface area contributed by atoms with Crippen LogP contribution in [0.2, 0.25) is 0 Å². The van der Waals surface area contributed by atoms with Gasteiger partial charge in [-0.3, -0.25) is 4.57 Å². The van der Waals surface area contributed by atoms with Crippen molar-refractivity contribution in [2.45, 2.75) is 0 Å². The molecule has 4 nitrogen and oxygen atoms in total. The molecule has 0 amide bonds. The molecule has 3 aromatic heterocycles. The highest BCUT2D eigenvalue weighted by atomic mass is 16.3. The van der Waals surface area contributed by atoms with Gasteiger partial charge in [0, 0.05) is 48.7 Å². The van der Waals surface area contributed by atoms with Crippen molar-refractivity contribution in [2.75, 3.05) is 0 Å². The number of fused-ring (bicyclic) bond motifs is 16. The van der Waals surface area contributed by atoms with Gasteiger partial charge in [0.05, 0.1) is 22.2 Å². The number of para-hydroxylation sites is 2. The van der Waals surface area contributed by atoms with Crippen LogP contribution in [0, 0.1) is 0 Å².